The summed E-state index contributed by atoms with van der Waals surface area (Å²) in [5.74, 6) is 8.64. The van der Waals surface area contributed by atoms with Crippen molar-refractivity contribution < 1.29 is 5.11 Å². The molecule has 1 aliphatic rings. The first-order valence-electron chi connectivity index (χ1n) is 6.38. The molecule has 0 aromatic heterocycles. The monoisotopic (exact) mass is 261 g/mol. The number of rotatable bonds is 3. The van der Waals surface area contributed by atoms with Gasteiger partial charge in [-0.3, -0.25) is 4.90 Å². The second-order valence-electron chi connectivity index (χ2n) is 4.32. The number of hydrogen-bond donors (Lipinski definition) is 1. The smallest absolute Gasteiger partial charge is 0.0540 e. The molecule has 96 valence electrons. The number of aliphatic hydroxyl groups is 1. The first kappa shape index (κ1) is 13.5. The van der Waals surface area contributed by atoms with Gasteiger partial charge in [0, 0.05) is 43.1 Å². The molecule has 0 aliphatic carbocycles. The SMILES string of the molecule is OCCC#Cc1ccccc1CN1CCSCC1. The molecule has 1 fully saturated rings. The van der Waals surface area contributed by atoms with Crippen LogP contribution in [0.15, 0.2) is 24.3 Å². The van der Waals surface area contributed by atoms with Crippen LogP contribution in [0.25, 0.3) is 0 Å². The molecule has 3 heteroatoms. The Hall–Kier alpha value is -0.950. The lowest BCUT2D eigenvalue weighted by Gasteiger charge is -2.26. The largest absolute Gasteiger partial charge is 0.395 e. The summed E-state index contributed by atoms with van der Waals surface area (Å²) in [6, 6.07) is 8.33. The molecule has 1 saturated heterocycles. The second-order valence-corrected chi connectivity index (χ2v) is 5.55. The van der Waals surface area contributed by atoms with Crippen molar-refractivity contribution in [1.29, 1.82) is 0 Å². The molecule has 0 unspecified atom stereocenters. The van der Waals surface area contributed by atoms with Crippen LogP contribution in [0.3, 0.4) is 0 Å². The predicted molar refractivity (Wildman–Crippen MR) is 77.6 cm³/mol. The van der Waals surface area contributed by atoms with E-state index in [4.69, 9.17) is 5.11 Å². The average Bonchev–Trinajstić information content (AvgIpc) is 2.42. The summed E-state index contributed by atoms with van der Waals surface area (Å²) in [4.78, 5) is 2.49. The molecule has 0 saturated carbocycles. The molecule has 1 aromatic carbocycles. The summed E-state index contributed by atoms with van der Waals surface area (Å²) in [7, 11) is 0. The number of thioether (sulfide) groups is 1. The fraction of sp³-hybridized carbons (Fsp3) is 0.467. The number of benzene rings is 1. The van der Waals surface area contributed by atoms with Gasteiger partial charge in [0.25, 0.3) is 0 Å². The van der Waals surface area contributed by atoms with Crippen LogP contribution in [0.1, 0.15) is 17.5 Å². The van der Waals surface area contributed by atoms with Crippen LogP contribution in [0, 0.1) is 11.8 Å². The Morgan fingerprint density at radius 3 is 2.78 bits per heavy atom. The van der Waals surface area contributed by atoms with E-state index in [1.165, 1.54) is 30.2 Å². The molecule has 1 heterocycles. The van der Waals surface area contributed by atoms with E-state index in [0.717, 1.165) is 12.1 Å². The molecule has 1 aromatic rings. The highest BCUT2D eigenvalue weighted by molar-refractivity contribution is 7.99. The van der Waals surface area contributed by atoms with Gasteiger partial charge in [-0.25, -0.2) is 0 Å². The number of hydrogen-bond acceptors (Lipinski definition) is 3. The standard InChI is InChI=1S/C15H19NOS/c17-10-4-3-6-14-5-1-2-7-15(14)13-16-8-11-18-12-9-16/h1-2,5,7,17H,4,8-13H2. The van der Waals surface area contributed by atoms with Gasteiger partial charge in [0.1, 0.15) is 0 Å². The van der Waals surface area contributed by atoms with Crippen molar-refractivity contribution in [3.8, 4) is 11.8 Å². The quantitative estimate of drug-likeness (QED) is 0.842. The molecule has 1 aliphatic heterocycles. The maximum atomic E-state index is 8.76. The van der Waals surface area contributed by atoms with Crippen LogP contribution in [0.4, 0.5) is 0 Å². The molecule has 0 atom stereocenters. The number of aliphatic hydroxyl groups excluding tert-OH is 1. The van der Waals surface area contributed by atoms with Crippen LogP contribution in [0.5, 0.6) is 0 Å². The summed E-state index contributed by atoms with van der Waals surface area (Å²) >= 11 is 2.03. The van der Waals surface area contributed by atoms with Gasteiger partial charge < -0.3 is 5.11 Å². The Morgan fingerprint density at radius 2 is 2.00 bits per heavy atom. The third-order valence-electron chi connectivity index (χ3n) is 2.97. The van der Waals surface area contributed by atoms with Gasteiger partial charge in [0.15, 0.2) is 0 Å². The minimum absolute atomic E-state index is 0.137. The van der Waals surface area contributed by atoms with Crippen molar-refractivity contribution in [1.82, 2.24) is 4.90 Å². The lowest BCUT2D eigenvalue weighted by molar-refractivity contribution is 0.294. The zero-order valence-corrected chi connectivity index (χ0v) is 11.4. The van der Waals surface area contributed by atoms with E-state index in [1.807, 2.05) is 17.8 Å². The summed E-state index contributed by atoms with van der Waals surface area (Å²) in [5.41, 5.74) is 2.40. The zero-order chi connectivity index (χ0) is 12.6. The topological polar surface area (TPSA) is 23.5 Å². The molecule has 1 N–H and O–H groups in total. The average molecular weight is 261 g/mol. The van der Waals surface area contributed by atoms with Crippen molar-refractivity contribution in [2.45, 2.75) is 13.0 Å². The third-order valence-corrected chi connectivity index (χ3v) is 3.92. The van der Waals surface area contributed by atoms with Crippen LogP contribution < -0.4 is 0 Å². The van der Waals surface area contributed by atoms with Gasteiger partial charge >= 0.3 is 0 Å². The van der Waals surface area contributed by atoms with Gasteiger partial charge in [0.2, 0.25) is 0 Å². The predicted octanol–water partition coefficient (Wildman–Crippen LogP) is 1.97. The third kappa shape index (κ3) is 4.06. The highest BCUT2D eigenvalue weighted by Gasteiger charge is 2.11. The van der Waals surface area contributed by atoms with Crippen molar-refractivity contribution in [3.05, 3.63) is 35.4 Å². The Kier molecular flexibility index (Phi) is 5.60. The van der Waals surface area contributed by atoms with Gasteiger partial charge in [-0.15, -0.1) is 0 Å². The maximum Gasteiger partial charge on any atom is 0.0540 e. The summed E-state index contributed by atoms with van der Waals surface area (Å²) in [6.45, 7) is 3.47. The summed E-state index contributed by atoms with van der Waals surface area (Å²) < 4.78 is 0. The highest BCUT2D eigenvalue weighted by atomic mass is 32.2. The Morgan fingerprint density at radius 1 is 1.22 bits per heavy atom. The fourth-order valence-corrected chi connectivity index (χ4v) is 2.97. The lowest BCUT2D eigenvalue weighted by Crippen LogP contribution is -2.32. The lowest BCUT2D eigenvalue weighted by atomic mass is 10.1. The van der Waals surface area contributed by atoms with Crippen LogP contribution >= 0.6 is 11.8 Å². The number of nitrogens with zero attached hydrogens (tertiary/aromatic N) is 1. The van der Waals surface area contributed by atoms with E-state index in [1.54, 1.807) is 0 Å². The molecular formula is C15H19NOS. The minimum Gasteiger partial charge on any atom is -0.395 e. The molecular weight excluding hydrogens is 242 g/mol. The van der Waals surface area contributed by atoms with Crippen molar-refractivity contribution in [3.63, 3.8) is 0 Å². The Balaban J connectivity index is 2.05. The molecule has 0 bridgehead atoms. The molecule has 0 spiro atoms. The Labute approximate surface area is 113 Å². The Bertz CT molecular complexity index is 430. The molecule has 2 nitrogen and oxygen atoms in total. The van der Waals surface area contributed by atoms with E-state index in [2.05, 4.69) is 34.9 Å². The summed E-state index contributed by atoms with van der Waals surface area (Å²) in [5, 5.41) is 8.76. The van der Waals surface area contributed by atoms with Crippen LogP contribution in [-0.4, -0.2) is 41.2 Å². The fourth-order valence-electron chi connectivity index (χ4n) is 1.99. The molecule has 0 radical (unpaired) electrons. The second kappa shape index (κ2) is 7.48. The molecule has 2 rings (SSSR count). The first-order valence-corrected chi connectivity index (χ1v) is 7.53. The van der Waals surface area contributed by atoms with Crippen molar-refractivity contribution >= 4 is 11.8 Å². The zero-order valence-electron chi connectivity index (χ0n) is 10.6. The first-order chi connectivity index (χ1) is 8.90. The van der Waals surface area contributed by atoms with Crippen molar-refractivity contribution in [2.24, 2.45) is 0 Å². The molecule has 18 heavy (non-hydrogen) atoms. The summed E-state index contributed by atoms with van der Waals surface area (Å²) in [6.07, 6.45) is 0.550. The van der Waals surface area contributed by atoms with E-state index in [9.17, 15) is 0 Å². The van der Waals surface area contributed by atoms with Gasteiger partial charge in [-0.2, -0.15) is 11.8 Å². The van der Waals surface area contributed by atoms with Gasteiger partial charge in [-0.1, -0.05) is 30.0 Å². The van der Waals surface area contributed by atoms with Gasteiger partial charge in [-0.05, 0) is 11.6 Å². The van der Waals surface area contributed by atoms with Crippen LogP contribution in [-0.2, 0) is 6.54 Å². The maximum absolute atomic E-state index is 8.76. The van der Waals surface area contributed by atoms with Crippen molar-refractivity contribution in [2.75, 3.05) is 31.2 Å². The molecule has 0 amide bonds. The minimum atomic E-state index is 0.137. The van der Waals surface area contributed by atoms with Crippen LogP contribution in [0.2, 0.25) is 0 Å². The van der Waals surface area contributed by atoms with E-state index in [-0.39, 0.29) is 6.61 Å². The van der Waals surface area contributed by atoms with Gasteiger partial charge in [0.05, 0.1) is 6.61 Å². The normalized spacial score (nSPS) is 16.1. The highest BCUT2D eigenvalue weighted by Crippen LogP contribution is 2.15. The van der Waals surface area contributed by atoms with E-state index in [0.29, 0.717) is 6.42 Å². The van der Waals surface area contributed by atoms with E-state index < -0.39 is 0 Å². The van der Waals surface area contributed by atoms with E-state index >= 15 is 0 Å².